The zero-order chi connectivity index (χ0) is 22.2. The molecule has 2 aromatic carbocycles. The summed E-state index contributed by atoms with van der Waals surface area (Å²) >= 11 is 0. The van der Waals surface area contributed by atoms with Gasteiger partial charge in [-0.05, 0) is 49.6 Å². The number of hydrogen-bond donors (Lipinski definition) is 1. The third-order valence-corrected chi connectivity index (χ3v) is 5.11. The number of nitrogens with zero attached hydrogens (tertiary/aromatic N) is 1. The van der Waals surface area contributed by atoms with Crippen LogP contribution in [-0.4, -0.2) is 41.9 Å². The van der Waals surface area contributed by atoms with E-state index in [1.165, 1.54) is 31.2 Å². The Hall–Kier alpha value is -3.48. The van der Waals surface area contributed by atoms with Gasteiger partial charge in [0, 0.05) is 24.9 Å². The number of rotatable bonds is 6. The Morgan fingerprint density at radius 3 is 2.48 bits per heavy atom. The second-order valence-corrected chi connectivity index (χ2v) is 7.42. The fourth-order valence-electron chi connectivity index (χ4n) is 3.31. The Morgan fingerprint density at radius 2 is 1.81 bits per heavy atom. The highest BCUT2D eigenvalue weighted by Gasteiger charge is 2.30. The van der Waals surface area contributed by atoms with Crippen molar-refractivity contribution in [2.75, 3.05) is 18.4 Å². The molecule has 1 aliphatic rings. The average Bonchev–Trinajstić information content (AvgIpc) is 2.78. The topological polar surface area (TPSA) is 75.7 Å². The Labute approximate surface area is 180 Å². The van der Waals surface area contributed by atoms with Gasteiger partial charge in [0.25, 0.3) is 5.91 Å². The largest absolute Gasteiger partial charge is 0.452 e. The molecule has 0 radical (unpaired) electrons. The molecule has 1 fully saturated rings. The van der Waals surface area contributed by atoms with Crippen molar-refractivity contribution in [3.63, 3.8) is 0 Å². The molecule has 0 unspecified atom stereocenters. The molecule has 1 heterocycles. The van der Waals surface area contributed by atoms with E-state index in [2.05, 4.69) is 5.32 Å². The second kappa shape index (κ2) is 10.5. The molecule has 1 atom stereocenters. The number of anilines is 1. The van der Waals surface area contributed by atoms with E-state index in [-0.39, 0.29) is 11.8 Å². The van der Waals surface area contributed by atoms with Crippen LogP contribution in [-0.2, 0) is 19.1 Å². The highest BCUT2D eigenvalue weighted by atomic mass is 19.1. The van der Waals surface area contributed by atoms with Crippen LogP contribution in [0.3, 0.4) is 0 Å². The van der Waals surface area contributed by atoms with Crippen molar-refractivity contribution < 1.29 is 23.5 Å². The van der Waals surface area contributed by atoms with Crippen LogP contribution in [0.25, 0.3) is 6.08 Å². The lowest BCUT2D eigenvalue weighted by Gasteiger charge is -2.30. The van der Waals surface area contributed by atoms with Gasteiger partial charge in [-0.25, -0.2) is 4.39 Å². The zero-order valence-corrected chi connectivity index (χ0v) is 17.3. The predicted octanol–water partition coefficient (Wildman–Crippen LogP) is 3.65. The monoisotopic (exact) mass is 424 g/mol. The van der Waals surface area contributed by atoms with Crippen LogP contribution in [0.1, 0.15) is 25.3 Å². The maximum absolute atomic E-state index is 13.2. The summed E-state index contributed by atoms with van der Waals surface area (Å²) < 4.78 is 18.5. The normalized spacial score (nSPS) is 15.5. The third-order valence-electron chi connectivity index (χ3n) is 5.11. The third kappa shape index (κ3) is 6.50. The summed E-state index contributed by atoms with van der Waals surface area (Å²) in [5.74, 6) is -1.93. The van der Waals surface area contributed by atoms with Crippen LogP contribution in [0.15, 0.2) is 60.7 Å². The van der Waals surface area contributed by atoms with Gasteiger partial charge in [-0.15, -0.1) is 0 Å². The molecule has 6 nitrogen and oxygen atoms in total. The van der Waals surface area contributed by atoms with Crippen LogP contribution in [0, 0.1) is 11.7 Å². The molecule has 1 saturated heterocycles. The molecule has 31 heavy (non-hydrogen) atoms. The number of benzene rings is 2. The Bertz CT molecular complexity index is 953. The summed E-state index contributed by atoms with van der Waals surface area (Å²) in [5, 5.41) is 2.52. The lowest BCUT2D eigenvalue weighted by atomic mass is 9.97. The molecule has 3 rings (SSSR count). The Balaban J connectivity index is 1.44. The Morgan fingerprint density at radius 1 is 1.10 bits per heavy atom. The number of esters is 1. The molecule has 0 aliphatic carbocycles. The number of likely N-dealkylation sites (tertiary alicyclic amines) is 1. The van der Waals surface area contributed by atoms with Gasteiger partial charge >= 0.3 is 5.97 Å². The van der Waals surface area contributed by atoms with E-state index in [4.69, 9.17) is 4.74 Å². The van der Waals surface area contributed by atoms with Crippen molar-refractivity contribution in [2.45, 2.75) is 25.9 Å². The quantitative estimate of drug-likeness (QED) is 0.567. The lowest BCUT2D eigenvalue weighted by Crippen LogP contribution is -2.41. The van der Waals surface area contributed by atoms with Gasteiger partial charge in [-0.2, -0.15) is 0 Å². The first kappa shape index (κ1) is 22.2. The summed E-state index contributed by atoms with van der Waals surface area (Å²) in [4.78, 5) is 38.7. The first-order valence-electron chi connectivity index (χ1n) is 10.2. The molecule has 0 spiro atoms. The van der Waals surface area contributed by atoms with E-state index < -0.39 is 23.8 Å². The number of piperidine rings is 1. The fourth-order valence-corrected chi connectivity index (χ4v) is 3.31. The van der Waals surface area contributed by atoms with E-state index >= 15 is 0 Å². The second-order valence-electron chi connectivity index (χ2n) is 7.42. The molecule has 0 saturated carbocycles. The van der Waals surface area contributed by atoms with E-state index in [0.29, 0.717) is 31.6 Å². The summed E-state index contributed by atoms with van der Waals surface area (Å²) in [7, 11) is 0. The van der Waals surface area contributed by atoms with Gasteiger partial charge in [-0.1, -0.05) is 36.4 Å². The van der Waals surface area contributed by atoms with Gasteiger partial charge in [0.1, 0.15) is 5.82 Å². The summed E-state index contributed by atoms with van der Waals surface area (Å²) in [6.45, 7) is 2.36. The minimum atomic E-state index is -1.01. The van der Waals surface area contributed by atoms with Crippen LogP contribution < -0.4 is 5.32 Å². The number of amides is 2. The molecule has 0 aromatic heterocycles. The van der Waals surface area contributed by atoms with Crippen molar-refractivity contribution in [1.29, 1.82) is 0 Å². The van der Waals surface area contributed by atoms with Crippen LogP contribution in [0.2, 0.25) is 0 Å². The Kier molecular flexibility index (Phi) is 7.54. The maximum Gasteiger partial charge on any atom is 0.309 e. The molecular formula is C24H25FN2O4. The number of hydrogen-bond acceptors (Lipinski definition) is 4. The highest BCUT2D eigenvalue weighted by Crippen LogP contribution is 2.20. The molecular weight excluding hydrogens is 399 g/mol. The number of ether oxygens (including phenoxy) is 1. The molecule has 7 heteroatoms. The summed E-state index contributed by atoms with van der Waals surface area (Å²) in [5.41, 5.74) is 1.24. The van der Waals surface area contributed by atoms with E-state index in [0.717, 1.165) is 5.56 Å². The van der Waals surface area contributed by atoms with Crippen molar-refractivity contribution in [1.82, 2.24) is 4.90 Å². The number of halogens is 1. The lowest BCUT2D eigenvalue weighted by molar-refractivity contribution is -0.159. The van der Waals surface area contributed by atoms with Crippen LogP contribution in [0.4, 0.5) is 10.1 Å². The maximum atomic E-state index is 13.2. The predicted molar refractivity (Wildman–Crippen MR) is 115 cm³/mol. The first-order chi connectivity index (χ1) is 14.9. The van der Waals surface area contributed by atoms with Gasteiger partial charge in [-0.3, -0.25) is 14.4 Å². The minimum Gasteiger partial charge on any atom is -0.452 e. The van der Waals surface area contributed by atoms with E-state index in [1.54, 1.807) is 17.0 Å². The molecule has 162 valence electrons. The summed E-state index contributed by atoms with van der Waals surface area (Å²) in [6, 6.07) is 15.0. The zero-order valence-electron chi connectivity index (χ0n) is 17.3. The molecule has 0 bridgehead atoms. The van der Waals surface area contributed by atoms with E-state index in [1.807, 2.05) is 30.3 Å². The van der Waals surface area contributed by atoms with Gasteiger partial charge in [0.05, 0.1) is 5.92 Å². The molecule has 2 aromatic rings. The smallest absolute Gasteiger partial charge is 0.309 e. The SMILES string of the molecule is C[C@@H](OC(=O)C1CCN(C(=O)/C=C/c2ccccc2)CC1)C(=O)Nc1cccc(F)c1. The number of nitrogens with one attached hydrogen (secondary N) is 1. The molecule has 2 amide bonds. The van der Waals surface area contributed by atoms with Crippen molar-refractivity contribution in [3.8, 4) is 0 Å². The highest BCUT2D eigenvalue weighted by molar-refractivity contribution is 5.95. The summed E-state index contributed by atoms with van der Waals surface area (Å²) in [6.07, 6.45) is 3.24. The van der Waals surface area contributed by atoms with Crippen molar-refractivity contribution >= 4 is 29.5 Å². The van der Waals surface area contributed by atoms with E-state index in [9.17, 15) is 18.8 Å². The van der Waals surface area contributed by atoms with Crippen LogP contribution in [0.5, 0.6) is 0 Å². The standard InChI is InChI=1S/C24H25FN2O4/c1-17(23(29)26-21-9-5-8-20(25)16-21)31-24(30)19-12-14-27(15-13-19)22(28)11-10-18-6-3-2-4-7-18/h2-11,16-17,19H,12-15H2,1H3,(H,26,29)/b11-10+/t17-/m1/s1. The van der Waals surface area contributed by atoms with Gasteiger partial charge in [0.15, 0.2) is 6.10 Å². The molecule has 1 aliphatic heterocycles. The van der Waals surface area contributed by atoms with Crippen molar-refractivity contribution in [2.24, 2.45) is 5.92 Å². The number of carbonyl (C=O) groups excluding carboxylic acids is 3. The molecule has 1 N–H and O–H groups in total. The van der Waals surface area contributed by atoms with Gasteiger partial charge < -0.3 is 15.0 Å². The minimum absolute atomic E-state index is 0.0986. The van der Waals surface area contributed by atoms with Gasteiger partial charge in [0.2, 0.25) is 5.91 Å². The van der Waals surface area contributed by atoms with Crippen molar-refractivity contribution in [3.05, 3.63) is 72.1 Å². The average molecular weight is 424 g/mol. The fraction of sp³-hybridized carbons (Fsp3) is 0.292. The van der Waals surface area contributed by atoms with Crippen LogP contribution >= 0.6 is 0 Å². The number of carbonyl (C=O) groups is 3. The first-order valence-corrected chi connectivity index (χ1v) is 10.2.